The normalized spacial score (nSPS) is 26.2. The summed E-state index contributed by atoms with van der Waals surface area (Å²) in [6.45, 7) is 0.586. The van der Waals surface area contributed by atoms with E-state index in [1.165, 1.54) is 25.7 Å². The van der Waals surface area contributed by atoms with Gasteiger partial charge in [0.25, 0.3) is 5.91 Å². The second kappa shape index (κ2) is 6.32. The quantitative estimate of drug-likeness (QED) is 0.836. The number of aliphatic hydroxyl groups excluding tert-OH is 1. The highest BCUT2D eigenvalue weighted by atomic mass is 16.2. The van der Waals surface area contributed by atoms with Crippen molar-refractivity contribution in [1.82, 2.24) is 5.32 Å². The van der Waals surface area contributed by atoms with E-state index < -0.39 is 0 Å². The Bertz CT molecular complexity index is 584. The minimum atomic E-state index is -0.193. The highest BCUT2D eigenvalue weighted by molar-refractivity contribution is 5.96. The summed E-state index contributed by atoms with van der Waals surface area (Å²) >= 11 is 0. The zero-order chi connectivity index (χ0) is 14.7. The van der Waals surface area contributed by atoms with Gasteiger partial charge in [-0.1, -0.05) is 30.4 Å². The first kappa shape index (κ1) is 14.2. The molecule has 21 heavy (non-hydrogen) atoms. The molecule has 0 spiro atoms. The molecule has 3 unspecified atom stereocenters. The van der Waals surface area contributed by atoms with Crippen molar-refractivity contribution in [2.24, 2.45) is 17.8 Å². The van der Waals surface area contributed by atoms with Crippen LogP contribution < -0.4 is 5.32 Å². The number of aliphatic hydroxyl groups is 1. The van der Waals surface area contributed by atoms with Crippen LogP contribution in [0.4, 0.5) is 0 Å². The molecule has 2 aliphatic carbocycles. The summed E-state index contributed by atoms with van der Waals surface area (Å²) in [5, 5.41) is 11.9. The number of carbonyl (C=O) groups is 1. The Morgan fingerprint density at radius 2 is 2.14 bits per heavy atom. The number of carbonyl (C=O) groups excluding carboxylic acids is 1. The van der Waals surface area contributed by atoms with Crippen molar-refractivity contribution in [3.63, 3.8) is 0 Å². The highest BCUT2D eigenvalue weighted by Crippen LogP contribution is 2.47. The molecule has 1 aromatic carbocycles. The van der Waals surface area contributed by atoms with E-state index in [-0.39, 0.29) is 12.5 Å². The lowest BCUT2D eigenvalue weighted by Crippen LogP contribution is -2.32. The monoisotopic (exact) mass is 283 g/mol. The number of rotatable bonds is 3. The first-order chi connectivity index (χ1) is 10.3. The number of amides is 1. The van der Waals surface area contributed by atoms with E-state index in [9.17, 15) is 4.79 Å². The van der Waals surface area contributed by atoms with Crippen molar-refractivity contribution in [1.29, 1.82) is 0 Å². The van der Waals surface area contributed by atoms with Crippen LogP contribution in [0.15, 0.2) is 24.3 Å². The predicted octanol–water partition coefficient (Wildman–Crippen LogP) is 2.20. The van der Waals surface area contributed by atoms with E-state index in [4.69, 9.17) is 5.11 Å². The van der Waals surface area contributed by atoms with E-state index in [0.29, 0.717) is 17.0 Å². The number of hydrogen-bond acceptors (Lipinski definition) is 2. The van der Waals surface area contributed by atoms with Crippen LogP contribution in [-0.2, 0) is 0 Å². The molecular weight excluding hydrogens is 262 g/mol. The van der Waals surface area contributed by atoms with Crippen LogP contribution in [0.3, 0.4) is 0 Å². The van der Waals surface area contributed by atoms with Crippen molar-refractivity contribution in [3.05, 3.63) is 35.4 Å². The molecule has 3 atom stereocenters. The standard InChI is InChI=1S/C18H21NO2/c20-9-3-5-14-4-1-2-6-17(14)18(21)19-12-16-11-13-7-8-15(16)10-13/h1-2,4,6,13,15-16,20H,7-12H2,(H,19,21). The zero-order valence-electron chi connectivity index (χ0n) is 12.1. The lowest BCUT2D eigenvalue weighted by Gasteiger charge is -2.21. The van der Waals surface area contributed by atoms with Gasteiger partial charge < -0.3 is 10.4 Å². The van der Waals surface area contributed by atoms with Gasteiger partial charge in [0.15, 0.2) is 0 Å². The van der Waals surface area contributed by atoms with Gasteiger partial charge in [-0.3, -0.25) is 4.79 Å². The SMILES string of the molecule is O=C(NCC1CC2CCC1C2)c1ccccc1C#CCO. The average Bonchev–Trinajstić information content (AvgIpc) is 3.13. The summed E-state index contributed by atoms with van der Waals surface area (Å²) < 4.78 is 0. The number of benzene rings is 1. The number of hydrogen-bond donors (Lipinski definition) is 2. The van der Waals surface area contributed by atoms with Gasteiger partial charge in [0, 0.05) is 12.1 Å². The molecule has 0 heterocycles. The van der Waals surface area contributed by atoms with Crippen LogP contribution in [0.5, 0.6) is 0 Å². The molecule has 1 aromatic rings. The first-order valence-electron chi connectivity index (χ1n) is 7.75. The van der Waals surface area contributed by atoms with Crippen molar-refractivity contribution in [2.75, 3.05) is 13.2 Å². The minimum Gasteiger partial charge on any atom is -0.384 e. The molecule has 3 nitrogen and oxygen atoms in total. The molecule has 1 amide bonds. The smallest absolute Gasteiger partial charge is 0.252 e. The summed E-state index contributed by atoms with van der Waals surface area (Å²) in [4.78, 5) is 12.4. The van der Waals surface area contributed by atoms with Gasteiger partial charge >= 0.3 is 0 Å². The summed E-state index contributed by atoms with van der Waals surface area (Å²) in [6.07, 6.45) is 5.36. The molecule has 0 radical (unpaired) electrons. The Morgan fingerprint density at radius 3 is 2.86 bits per heavy atom. The molecule has 2 fully saturated rings. The maximum absolute atomic E-state index is 12.4. The minimum absolute atomic E-state index is 0.0550. The van der Waals surface area contributed by atoms with Crippen LogP contribution in [0.1, 0.15) is 41.6 Å². The van der Waals surface area contributed by atoms with Gasteiger partial charge in [-0.05, 0) is 49.1 Å². The second-order valence-electron chi connectivity index (χ2n) is 6.15. The third-order valence-corrected chi connectivity index (χ3v) is 4.88. The zero-order valence-corrected chi connectivity index (χ0v) is 12.1. The van der Waals surface area contributed by atoms with E-state index in [2.05, 4.69) is 17.2 Å². The maximum atomic E-state index is 12.4. The van der Waals surface area contributed by atoms with Crippen molar-refractivity contribution < 1.29 is 9.90 Å². The van der Waals surface area contributed by atoms with E-state index in [0.717, 1.165) is 18.4 Å². The van der Waals surface area contributed by atoms with Crippen LogP contribution in [0.2, 0.25) is 0 Å². The molecule has 2 bridgehead atoms. The van der Waals surface area contributed by atoms with E-state index in [1.54, 1.807) is 6.07 Å². The summed E-state index contributed by atoms with van der Waals surface area (Å²) in [5.74, 6) is 7.77. The van der Waals surface area contributed by atoms with E-state index in [1.807, 2.05) is 18.2 Å². The molecule has 2 saturated carbocycles. The molecule has 3 heteroatoms. The Morgan fingerprint density at radius 1 is 1.29 bits per heavy atom. The van der Waals surface area contributed by atoms with Crippen molar-refractivity contribution in [3.8, 4) is 11.8 Å². The highest BCUT2D eigenvalue weighted by Gasteiger charge is 2.39. The predicted molar refractivity (Wildman–Crippen MR) is 81.7 cm³/mol. The van der Waals surface area contributed by atoms with Gasteiger partial charge in [-0.25, -0.2) is 0 Å². The van der Waals surface area contributed by atoms with Crippen LogP contribution >= 0.6 is 0 Å². The fraction of sp³-hybridized carbons (Fsp3) is 0.500. The van der Waals surface area contributed by atoms with Crippen LogP contribution in [0.25, 0.3) is 0 Å². The number of fused-ring (bicyclic) bond motifs is 2. The van der Waals surface area contributed by atoms with Gasteiger partial charge in [0.05, 0.1) is 5.56 Å². The Labute approximate surface area is 125 Å². The van der Waals surface area contributed by atoms with Gasteiger partial charge in [0.1, 0.15) is 6.61 Å². The summed E-state index contributed by atoms with van der Waals surface area (Å²) in [5.41, 5.74) is 1.28. The second-order valence-corrected chi connectivity index (χ2v) is 6.15. The number of nitrogens with one attached hydrogen (secondary N) is 1. The lowest BCUT2D eigenvalue weighted by molar-refractivity contribution is 0.0941. The lowest BCUT2D eigenvalue weighted by atomic mass is 9.89. The average molecular weight is 283 g/mol. The summed E-state index contributed by atoms with van der Waals surface area (Å²) in [7, 11) is 0. The third kappa shape index (κ3) is 3.11. The van der Waals surface area contributed by atoms with E-state index >= 15 is 0 Å². The van der Waals surface area contributed by atoms with Crippen molar-refractivity contribution in [2.45, 2.75) is 25.7 Å². The Balaban J connectivity index is 1.63. The maximum Gasteiger partial charge on any atom is 0.252 e. The molecule has 2 aliphatic rings. The Kier molecular flexibility index (Phi) is 4.26. The van der Waals surface area contributed by atoms with Crippen LogP contribution in [-0.4, -0.2) is 24.2 Å². The first-order valence-corrected chi connectivity index (χ1v) is 7.75. The molecule has 0 saturated heterocycles. The molecule has 0 aliphatic heterocycles. The fourth-order valence-electron chi connectivity index (χ4n) is 3.87. The summed E-state index contributed by atoms with van der Waals surface area (Å²) in [6, 6.07) is 7.30. The molecular formula is C18H21NO2. The van der Waals surface area contributed by atoms with Crippen LogP contribution in [0, 0.1) is 29.6 Å². The fourth-order valence-corrected chi connectivity index (χ4v) is 3.87. The third-order valence-electron chi connectivity index (χ3n) is 4.88. The van der Waals surface area contributed by atoms with Gasteiger partial charge in [-0.2, -0.15) is 0 Å². The van der Waals surface area contributed by atoms with Crippen molar-refractivity contribution >= 4 is 5.91 Å². The largest absolute Gasteiger partial charge is 0.384 e. The molecule has 110 valence electrons. The Hall–Kier alpha value is -1.79. The molecule has 3 rings (SSSR count). The topological polar surface area (TPSA) is 49.3 Å². The molecule has 0 aromatic heterocycles. The molecule has 2 N–H and O–H groups in total. The van der Waals surface area contributed by atoms with Gasteiger partial charge in [-0.15, -0.1) is 0 Å². The van der Waals surface area contributed by atoms with Gasteiger partial charge in [0.2, 0.25) is 0 Å².